The Labute approximate surface area is 68.3 Å². The second kappa shape index (κ2) is 4.04. The second-order valence-corrected chi connectivity index (χ2v) is 2.95. The first-order valence-electron chi connectivity index (χ1n) is 4.10. The van der Waals surface area contributed by atoms with E-state index in [2.05, 4.69) is 18.9 Å². The van der Waals surface area contributed by atoms with Crippen LogP contribution in [-0.2, 0) is 9.47 Å². The van der Waals surface area contributed by atoms with Gasteiger partial charge in [0, 0.05) is 7.11 Å². The van der Waals surface area contributed by atoms with Crippen LogP contribution < -0.4 is 0 Å². The minimum Gasteiger partial charge on any atom is -0.377 e. The van der Waals surface area contributed by atoms with Gasteiger partial charge in [0.15, 0.2) is 0 Å². The molecular formula is C8H17NO2. The molecule has 1 saturated heterocycles. The maximum absolute atomic E-state index is 5.32. The summed E-state index contributed by atoms with van der Waals surface area (Å²) in [5, 5.41) is 0. The van der Waals surface area contributed by atoms with Gasteiger partial charge in [0.2, 0.25) is 0 Å². The van der Waals surface area contributed by atoms with Crippen molar-refractivity contribution in [1.29, 1.82) is 0 Å². The summed E-state index contributed by atoms with van der Waals surface area (Å²) in [6.45, 7) is 4.74. The first kappa shape index (κ1) is 8.97. The molecular weight excluding hydrogens is 142 g/mol. The van der Waals surface area contributed by atoms with Crippen LogP contribution in [-0.4, -0.2) is 51.0 Å². The fraction of sp³-hybridized carbons (Fsp3) is 1.00. The van der Waals surface area contributed by atoms with Crippen molar-refractivity contribution >= 4 is 0 Å². The van der Waals surface area contributed by atoms with Gasteiger partial charge in [0.25, 0.3) is 0 Å². The summed E-state index contributed by atoms with van der Waals surface area (Å²) in [6.07, 6.45) is 0.264. The van der Waals surface area contributed by atoms with Crippen LogP contribution in [0.3, 0.4) is 0 Å². The molecule has 3 nitrogen and oxygen atoms in total. The van der Waals surface area contributed by atoms with Crippen LogP contribution >= 0.6 is 0 Å². The fourth-order valence-electron chi connectivity index (χ4n) is 1.39. The molecule has 11 heavy (non-hydrogen) atoms. The van der Waals surface area contributed by atoms with Gasteiger partial charge < -0.3 is 9.47 Å². The zero-order valence-electron chi connectivity index (χ0n) is 7.54. The molecule has 0 radical (unpaired) electrons. The third-order valence-corrected chi connectivity index (χ3v) is 2.37. The SMILES string of the molecule is CCN(C)C1COCC1OC. The van der Waals surface area contributed by atoms with Gasteiger partial charge in [-0.3, -0.25) is 4.90 Å². The van der Waals surface area contributed by atoms with Crippen molar-refractivity contribution in [3.8, 4) is 0 Å². The topological polar surface area (TPSA) is 21.7 Å². The third kappa shape index (κ3) is 1.92. The lowest BCUT2D eigenvalue weighted by Gasteiger charge is -2.25. The summed E-state index contributed by atoms with van der Waals surface area (Å²) in [5.74, 6) is 0. The summed E-state index contributed by atoms with van der Waals surface area (Å²) in [7, 11) is 3.85. The highest BCUT2D eigenvalue weighted by atomic mass is 16.5. The van der Waals surface area contributed by atoms with E-state index in [1.807, 2.05) is 0 Å². The molecule has 0 saturated carbocycles. The molecule has 66 valence electrons. The summed E-state index contributed by atoms with van der Waals surface area (Å²) < 4.78 is 10.6. The molecule has 0 bridgehead atoms. The van der Waals surface area contributed by atoms with Crippen LogP contribution in [0.2, 0.25) is 0 Å². The van der Waals surface area contributed by atoms with Crippen LogP contribution in [0.4, 0.5) is 0 Å². The molecule has 1 aliphatic rings. The number of methoxy groups -OCH3 is 1. The Kier molecular flexibility index (Phi) is 3.30. The van der Waals surface area contributed by atoms with Crippen molar-refractivity contribution in [2.75, 3.05) is 33.9 Å². The minimum absolute atomic E-state index is 0.264. The number of ether oxygens (including phenoxy) is 2. The molecule has 0 amide bonds. The van der Waals surface area contributed by atoms with Crippen molar-refractivity contribution in [2.45, 2.75) is 19.1 Å². The summed E-state index contributed by atoms with van der Waals surface area (Å²) in [6, 6.07) is 0.449. The number of nitrogens with zero attached hydrogens (tertiary/aromatic N) is 1. The zero-order chi connectivity index (χ0) is 8.27. The molecule has 2 unspecified atom stereocenters. The van der Waals surface area contributed by atoms with E-state index in [0.29, 0.717) is 6.04 Å². The lowest BCUT2D eigenvalue weighted by Crippen LogP contribution is -2.41. The van der Waals surface area contributed by atoms with Gasteiger partial charge in [0.1, 0.15) is 0 Å². The smallest absolute Gasteiger partial charge is 0.0981 e. The maximum Gasteiger partial charge on any atom is 0.0981 e. The van der Waals surface area contributed by atoms with Crippen LogP contribution in [0.15, 0.2) is 0 Å². The van der Waals surface area contributed by atoms with Gasteiger partial charge in [-0.1, -0.05) is 6.92 Å². The van der Waals surface area contributed by atoms with Crippen LogP contribution in [0, 0.1) is 0 Å². The number of rotatable bonds is 3. The average Bonchev–Trinajstić information content (AvgIpc) is 2.50. The largest absolute Gasteiger partial charge is 0.377 e. The molecule has 0 spiro atoms. The summed E-state index contributed by atoms with van der Waals surface area (Å²) >= 11 is 0. The van der Waals surface area contributed by atoms with Crippen molar-refractivity contribution in [2.24, 2.45) is 0 Å². The molecule has 1 heterocycles. The van der Waals surface area contributed by atoms with Crippen molar-refractivity contribution in [1.82, 2.24) is 4.90 Å². The van der Waals surface area contributed by atoms with Gasteiger partial charge in [-0.2, -0.15) is 0 Å². The predicted molar refractivity (Wildman–Crippen MR) is 43.7 cm³/mol. The minimum atomic E-state index is 0.264. The Hall–Kier alpha value is -0.120. The lowest BCUT2D eigenvalue weighted by atomic mass is 10.2. The normalized spacial score (nSPS) is 31.6. The van der Waals surface area contributed by atoms with Crippen LogP contribution in [0.1, 0.15) is 6.92 Å². The van der Waals surface area contributed by atoms with Gasteiger partial charge >= 0.3 is 0 Å². The third-order valence-electron chi connectivity index (χ3n) is 2.37. The van der Waals surface area contributed by atoms with E-state index in [1.165, 1.54) is 0 Å². The van der Waals surface area contributed by atoms with E-state index < -0.39 is 0 Å². The van der Waals surface area contributed by atoms with E-state index in [-0.39, 0.29) is 6.10 Å². The highest BCUT2D eigenvalue weighted by Gasteiger charge is 2.30. The molecule has 0 aromatic rings. The Bertz CT molecular complexity index is 119. The molecule has 0 aromatic heterocycles. The maximum atomic E-state index is 5.32. The Morgan fingerprint density at radius 2 is 2.27 bits per heavy atom. The van der Waals surface area contributed by atoms with E-state index in [9.17, 15) is 0 Å². The van der Waals surface area contributed by atoms with Crippen molar-refractivity contribution in [3.05, 3.63) is 0 Å². The second-order valence-electron chi connectivity index (χ2n) is 2.95. The molecule has 1 aliphatic heterocycles. The van der Waals surface area contributed by atoms with Crippen molar-refractivity contribution < 1.29 is 9.47 Å². The Balaban J connectivity index is 2.42. The molecule has 3 heteroatoms. The standard InChI is InChI=1S/C8H17NO2/c1-4-9(2)7-5-11-6-8(7)10-3/h7-8H,4-6H2,1-3H3. The predicted octanol–water partition coefficient (Wildman–Crippen LogP) is 0.352. The van der Waals surface area contributed by atoms with Crippen molar-refractivity contribution in [3.63, 3.8) is 0 Å². The Morgan fingerprint density at radius 1 is 1.55 bits per heavy atom. The summed E-state index contributed by atoms with van der Waals surface area (Å²) in [5.41, 5.74) is 0. The number of likely N-dealkylation sites (N-methyl/N-ethyl adjacent to an activating group) is 1. The fourth-order valence-corrected chi connectivity index (χ4v) is 1.39. The quantitative estimate of drug-likeness (QED) is 0.593. The first-order chi connectivity index (χ1) is 5.29. The molecule has 0 N–H and O–H groups in total. The lowest BCUT2D eigenvalue weighted by molar-refractivity contribution is 0.0503. The van der Waals surface area contributed by atoms with E-state index in [4.69, 9.17) is 9.47 Å². The highest BCUT2D eigenvalue weighted by molar-refractivity contribution is 4.82. The molecule has 0 aliphatic carbocycles. The van der Waals surface area contributed by atoms with E-state index >= 15 is 0 Å². The molecule has 2 atom stereocenters. The number of hydrogen-bond donors (Lipinski definition) is 0. The van der Waals surface area contributed by atoms with Crippen LogP contribution in [0.25, 0.3) is 0 Å². The summed E-state index contributed by atoms with van der Waals surface area (Å²) in [4.78, 5) is 2.27. The monoisotopic (exact) mass is 159 g/mol. The van der Waals surface area contributed by atoms with Gasteiger partial charge in [0.05, 0.1) is 25.4 Å². The average molecular weight is 159 g/mol. The van der Waals surface area contributed by atoms with E-state index in [1.54, 1.807) is 7.11 Å². The van der Waals surface area contributed by atoms with Gasteiger partial charge in [-0.25, -0.2) is 0 Å². The number of hydrogen-bond acceptors (Lipinski definition) is 3. The van der Waals surface area contributed by atoms with Gasteiger partial charge in [-0.15, -0.1) is 0 Å². The van der Waals surface area contributed by atoms with E-state index in [0.717, 1.165) is 19.8 Å². The first-order valence-corrected chi connectivity index (χ1v) is 4.10. The zero-order valence-corrected chi connectivity index (χ0v) is 7.54. The molecule has 1 rings (SSSR count). The van der Waals surface area contributed by atoms with Gasteiger partial charge in [-0.05, 0) is 13.6 Å². The molecule has 1 fully saturated rings. The van der Waals surface area contributed by atoms with Crippen LogP contribution in [0.5, 0.6) is 0 Å². The molecule has 0 aromatic carbocycles. The Morgan fingerprint density at radius 3 is 2.82 bits per heavy atom. The highest BCUT2D eigenvalue weighted by Crippen LogP contribution is 2.13.